The number of nitrogens with zero attached hydrogens (tertiary/aromatic N) is 9. The molecule has 0 saturated carbocycles. The zero-order chi connectivity index (χ0) is 24.2. The van der Waals surface area contributed by atoms with Gasteiger partial charge in [-0.15, -0.1) is 10.2 Å². The predicted octanol–water partition coefficient (Wildman–Crippen LogP) is 3.19. The van der Waals surface area contributed by atoms with Gasteiger partial charge in [0, 0.05) is 18.0 Å². The monoisotopic (exact) mass is 481 g/mol. The first kappa shape index (κ1) is 23.2. The van der Waals surface area contributed by atoms with E-state index in [1.54, 1.807) is 49.7 Å². The Morgan fingerprint density at radius 3 is 2.76 bits per heavy atom. The zero-order valence-electron chi connectivity index (χ0n) is 19.1. The van der Waals surface area contributed by atoms with Crippen LogP contribution in [0.3, 0.4) is 0 Å². The fraction of sp³-hybridized carbons (Fsp3) is 0.286. The number of ether oxygens (including phenoxy) is 1. The molecule has 0 N–H and O–H groups in total. The Bertz CT molecular complexity index is 1340. The van der Waals surface area contributed by atoms with Crippen LogP contribution >= 0.6 is 11.8 Å². The highest BCUT2D eigenvalue weighted by atomic mass is 32.2. The number of rotatable bonds is 9. The van der Waals surface area contributed by atoms with E-state index >= 15 is 0 Å². The molecular formula is C21H23N9O3S. The molecule has 4 aromatic rings. The molecular weight excluding hydrogens is 458 g/mol. The second-order valence-electron chi connectivity index (χ2n) is 7.41. The van der Waals surface area contributed by atoms with Crippen molar-refractivity contribution in [1.82, 2.24) is 34.4 Å². The standard InChI is InChI=1S/C21H23N9O3S/c1-14-20(30(31)32)15(2)28(26-14)13-34-21-25-24-16(3)29(21)23-11-17-6-7-19(33-4)18(10-17)12-27-9-5-8-22-27/h5-11H,12-13H2,1-4H3. The normalized spacial score (nSPS) is 11.4. The number of hydrogen-bond donors (Lipinski definition) is 0. The van der Waals surface area contributed by atoms with Crippen LogP contribution in [0.5, 0.6) is 5.75 Å². The van der Waals surface area contributed by atoms with Gasteiger partial charge in [-0.1, -0.05) is 11.8 Å². The SMILES string of the molecule is COc1ccc(C=Nn2c(C)nnc2SCn2nc(C)c([N+](=O)[O-])c2C)cc1Cn1cccn1. The predicted molar refractivity (Wildman–Crippen MR) is 126 cm³/mol. The third-order valence-corrected chi connectivity index (χ3v) is 6.01. The molecule has 12 nitrogen and oxygen atoms in total. The molecule has 0 aliphatic heterocycles. The number of aromatic nitrogens is 7. The third-order valence-electron chi connectivity index (χ3n) is 5.13. The summed E-state index contributed by atoms with van der Waals surface area (Å²) >= 11 is 1.34. The van der Waals surface area contributed by atoms with E-state index in [2.05, 4.69) is 25.5 Å². The van der Waals surface area contributed by atoms with Crippen molar-refractivity contribution in [2.75, 3.05) is 7.11 Å². The molecule has 3 heterocycles. The van der Waals surface area contributed by atoms with Gasteiger partial charge in [0.05, 0.1) is 30.7 Å². The maximum atomic E-state index is 11.2. The molecule has 176 valence electrons. The molecule has 0 saturated heterocycles. The van der Waals surface area contributed by atoms with Gasteiger partial charge >= 0.3 is 5.69 Å². The Morgan fingerprint density at radius 1 is 1.26 bits per heavy atom. The molecule has 0 amide bonds. The molecule has 0 atom stereocenters. The summed E-state index contributed by atoms with van der Waals surface area (Å²) in [6.45, 7) is 5.68. The number of hydrogen-bond acceptors (Lipinski definition) is 9. The lowest BCUT2D eigenvalue weighted by Crippen LogP contribution is -2.04. The van der Waals surface area contributed by atoms with E-state index in [0.29, 0.717) is 34.8 Å². The van der Waals surface area contributed by atoms with Gasteiger partial charge in [-0.05, 0) is 50.6 Å². The van der Waals surface area contributed by atoms with Crippen LogP contribution in [0.25, 0.3) is 0 Å². The molecule has 0 aliphatic carbocycles. The Kier molecular flexibility index (Phi) is 6.72. The van der Waals surface area contributed by atoms with Crippen molar-refractivity contribution in [2.45, 2.75) is 38.3 Å². The fourth-order valence-corrected chi connectivity index (χ4v) is 4.34. The lowest BCUT2D eigenvalue weighted by molar-refractivity contribution is -0.386. The Morgan fingerprint density at radius 2 is 2.09 bits per heavy atom. The van der Waals surface area contributed by atoms with Gasteiger partial charge < -0.3 is 4.74 Å². The van der Waals surface area contributed by atoms with E-state index < -0.39 is 4.92 Å². The molecule has 3 aromatic heterocycles. The van der Waals surface area contributed by atoms with Crippen molar-refractivity contribution in [3.63, 3.8) is 0 Å². The highest BCUT2D eigenvalue weighted by molar-refractivity contribution is 7.98. The number of benzene rings is 1. The zero-order valence-corrected chi connectivity index (χ0v) is 19.9. The summed E-state index contributed by atoms with van der Waals surface area (Å²) < 4.78 is 10.5. The summed E-state index contributed by atoms with van der Waals surface area (Å²) in [6.07, 6.45) is 5.35. The van der Waals surface area contributed by atoms with E-state index in [0.717, 1.165) is 16.9 Å². The summed E-state index contributed by atoms with van der Waals surface area (Å²) in [7, 11) is 1.64. The molecule has 0 unspecified atom stereocenters. The van der Waals surface area contributed by atoms with Crippen molar-refractivity contribution in [2.24, 2.45) is 5.10 Å². The minimum atomic E-state index is -0.411. The average Bonchev–Trinajstić information content (AvgIpc) is 3.51. The van der Waals surface area contributed by atoms with Crippen molar-refractivity contribution >= 4 is 23.7 Å². The molecule has 4 rings (SSSR count). The first-order chi connectivity index (χ1) is 16.4. The summed E-state index contributed by atoms with van der Waals surface area (Å²) in [4.78, 5) is 10.8. The lowest BCUT2D eigenvalue weighted by Gasteiger charge is -2.10. The van der Waals surface area contributed by atoms with Crippen LogP contribution in [-0.2, 0) is 12.4 Å². The topological polar surface area (TPSA) is 131 Å². The van der Waals surface area contributed by atoms with E-state index in [9.17, 15) is 10.1 Å². The first-order valence-electron chi connectivity index (χ1n) is 10.3. The number of nitro groups is 1. The highest BCUT2D eigenvalue weighted by Gasteiger charge is 2.22. The second-order valence-corrected chi connectivity index (χ2v) is 8.32. The van der Waals surface area contributed by atoms with Crippen molar-refractivity contribution in [3.05, 3.63) is 75.1 Å². The van der Waals surface area contributed by atoms with Gasteiger partial charge in [-0.2, -0.15) is 20.0 Å². The molecule has 0 aliphatic rings. The van der Waals surface area contributed by atoms with Gasteiger partial charge in [-0.3, -0.25) is 19.5 Å². The minimum Gasteiger partial charge on any atom is -0.496 e. The Labute approximate surface area is 199 Å². The van der Waals surface area contributed by atoms with Crippen LogP contribution in [-0.4, -0.2) is 52.7 Å². The van der Waals surface area contributed by atoms with Crippen molar-refractivity contribution in [3.8, 4) is 5.75 Å². The molecule has 34 heavy (non-hydrogen) atoms. The van der Waals surface area contributed by atoms with Crippen LogP contribution in [0.2, 0.25) is 0 Å². The van der Waals surface area contributed by atoms with Gasteiger partial charge in [0.2, 0.25) is 5.16 Å². The summed E-state index contributed by atoms with van der Waals surface area (Å²) in [5, 5.41) is 33.2. The maximum Gasteiger partial charge on any atom is 0.312 e. The molecule has 0 spiro atoms. The summed E-state index contributed by atoms with van der Waals surface area (Å²) in [5.41, 5.74) is 2.74. The van der Waals surface area contributed by atoms with Crippen molar-refractivity contribution < 1.29 is 9.66 Å². The number of methoxy groups -OCH3 is 1. The quantitative estimate of drug-likeness (QED) is 0.154. The van der Waals surface area contributed by atoms with E-state index in [4.69, 9.17) is 4.74 Å². The third kappa shape index (κ3) is 4.83. The van der Waals surface area contributed by atoms with Crippen molar-refractivity contribution in [1.29, 1.82) is 0 Å². The van der Waals surface area contributed by atoms with Gasteiger partial charge in [0.1, 0.15) is 17.1 Å². The molecule has 0 radical (unpaired) electrons. The first-order valence-corrected chi connectivity index (χ1v) is 11.3. The van der Waals surface area contributed by atoms with Gasteiger partial charge in [-0.25, -0.2) is 0 Å². The van der Waals surface area contributed by atoms with E-state index in [1.165, 1.54) is 11.8 Å². The van der Waals surface area contributed by atoms with Crippen LogP contribution in [0.15, 0.2) is 46.9 Å². The second kappa shape index (κ2) is 9.87. The minimum absolute atomic E-state index is 0.0293. The van der Waals surface area contributed by atoms with Gasteiger partial charge in [0.25, 0.3) is 0 Å². The molecule has 0 fully saturated rings. The van der Waals surface area contributed by atoms with Crippen LogP contribution in [0, 0.1) is 30.9 Å². The Balaban J connectivity index is 1.53. The smallest absolute Gasteiger partial charge is 0.312 e. The fourth-order valence-electron chi connectivity index (χ4n) is 3.45. The number of aryl methyl sites for hydroxylation is 2. The van der Waals surface area contributed by atoms with Crippen LogP contribution in [0.1, 0.15) is 28.3 Å². The molecule has 1 aromatic carbocycles. The van der Waals surface area contributed by atoms with E-state index in [-0.39, 0.29) is 5.69 Å². The highest BCUT2D eigenvalue weighted by Crippen LogP contribution is 2.26. The number of thioether (sulfide) groups is 1. The molecule has 0 bridgehead atoms. The summed E-state index contributed by atoms with van der Waals surface area (Å²) in [5.74, 6) is 1.72. The summed E-state index contributed by atoms with van der Waals surface area (Å²) in [6, 6.07) is 7.67. The molecule has 13 heteroatoms. The van der Waals surface area contributed by atoms with Gasteiger partial charge in [0.15, 0.2) is 5.82 Å². The Hall–Kier alpha value is -4.00. The van der Waals surface area contributed by atoms with Crippen LogP contribution in [0.4, 0.5) is 5.69 Å². The maximum absolute atomic E-state index is 11.2. The average molecular weight is 482 g/mol. The lowest BCUT2D eigenvalue weighted by atomic mass is 10.1. The van der Waals surface area contributed by atoms with Crippen LogP contribution < -0.4 is 4.74 Å². The largest absolute Gasteiger partial charge is 0.496 e. The van der Waals surface area contributed by atoms with E-state index in [1.807, 2.05) is 35.1 Å².